The van der Waals surface area contributed by atoms with E-state index in [2.05, 4.69) is 35.1 Å². The fourth-order valence-electron chi connectivity index (χ4n) is 1.82. The zero-order chi connectivity index (χ0) is 13.9. The summed E-state index contributed by atoms with van der Waals surface area (Å²) in [5, 5.41) is 8.81. The van der Waals surface area contributed by atoms with Crippen LogP contribution in [0.5, 0.6) is 0 Å². The van der Waals surface area contributed by atoms with Crippen molar-refractivity contribution in [2.24, 2.45) is 0 Å². The average Bonchev–Trinajstić information content (AvgIpc) is 2.45. The number of unbranched alkanes of at least 4 members (excludes halogenated alkanes) is 1. The molecule has 0 radical (unpaired) electrons. The zero-order valence-electron chi connectivity index (χ0n) is 11.5. The Bertz CT molecular complexity index is 410. The molecule has 1 aromatic carbocycles. The van der Waals surface area contributed by atoms with Crippen LogP contribution < -0.4 is 0 Å². The van der Waals surface area contributed by atoms with Gasteiger partial charge >= 0.3 is 5.97 Å². The first kappa shape index (κ1) is 15.4. The highest BCUT2D eigenvalue weighted by atomic mass is 16.5. The predicted octanol–water partition coefficient (Wildman–Crippen LogP) is 2.97. The molecule has 0 unspecified atom stereocenters. The molecule has 1 rings (SSSR count). The Hall–Kier alpha value is -1.61. The quantitative estimate of drug-likeness (QED) is 0.578. The van der Waals surface area contributed by atoms with Crippen molar-refractivity contribution < 1.29 is 14.6 Å². The summed E-state index contributed by atoms with van der Waals surface area (Å²) in [4.78, 5) is 10.9. The first-order valence-corrected chi connectivity index (χ1v) is 6.69. The Balaban J connectivity index is 2.37. The van der Waals surface area contributed by atoms with Crippen molar-refractivity contribution >= 4 is 12.0 Å². The summed E-state index contributed by atoms with van der Waals surface area (Å²) in [6.45, 7) is 0.230. The molecule has 104 valence electrons. The molecule has 3 nitrogen and oxygen atoms in total. The van der Waals surface area contributed by atoms with E-state index in [4.69, 9.17) is 5.11 Å². The predicted molar refractivity (Wildman–Crippen MR) is 76.7 cm³/mol. The molecule has 3 heteroatoms. The Morgan fingerprint density at radius 1 is 1.37 bits per heavy atom. The van der Waals surface area contributed by atoms with Crippen LogP contribution in [0.3, 0.4) is 0 Å². The van der Waals surface area contributed by atoms with Crippen molar-refractivity contribution in [2.75, 3.05) is 13.7 Å². The van der Waals surface area contributed by atoms with Crippen LogP contribution in [0.25, 0.3) is 6.08 Å². The molecule has 0 saturated heterocycles. The normalized spacial score (nSPS) is 10.8. The Kier molecular flexibility index (Phi) is 7.59. The molecule has 0 aliphatic carbocycles. The molecule has 0 heterocycles. The largest absolute Gasteiger partial charge is 0.469 e. The lowest BCUT2D eigenvalue weighted by molar-refractivity contribution is -0.140. The number of aliphatic hydroxyl groups is 1. The average molecular weight is 262 g/mol. The van der Waals surface area contributed by atoms with Crippen LogP contribution >= 0.6 is 0 Å². The summed E-state index contributed by atoms with van der Waals surface area (Å²) < 4.78 is 4.58. The molecule has 0 aliphatic rings. The van der Waals surface area contributed by atoms with E-state index in [9.17, 15) is 4.79 Å². The van der Waals surface area contributed by atoms with E-state index >= 15 is 0 Å². The Morgan fingerprint density at radius 2 is 2.21 bits per heavy atom. The van der Waals surface area contributed by atoms with Crippen molar-refractivity contribution in [1.82, 2.24) is 0 Å². The highest BCUT2D eigenvalue weighted by molar-refractivity contribution is 5.69. The second-order valence-electron chi connectivity index (χ2n) is 4.44. The van der Waals surface area contributed by atoms with Crippen LogP contribution in [-0.2, 0) is 16.0 Å². The number of hydrogen-bond acceptors (Lipinski definition) is 3. The van der Waals surface area contributed by atoms with E-state index in [-0.39, 0.29) is 12.6 Å². The van der Waals surface area contributed by atoms with E-state index in [1.807, 2.05) is 6.07 Å². The third kappa shape index (κ3) is 6.77. The van der Waals surface area contributed by atoms with Crippen molar-refractivity contribution in [3.05, 3.63) is 41.5 Å². The van der Waals surface area contributed by atoms with Crippen molar-refractivity contribution in [3.63, 3.8) is 0 Å². The van der Waals surface area contributed by atoms with Crippen molar-refractivity contribution in [1.29, 1.82) is 0 Å². The number of hydrogen-bond donors (Lipinski definition) is 1. The minimum Gasteiger partial charge on any atom is -0.469 e. The summed E-state index contributed by atoms with van der Waals surface area (Å²) in [6.07, 6.45) is 8.00. The first-order valence-electron chi connectivity index (χ1n) is 6.69. The number of methoxy groups -OCH3 is 1. The number of aliphatic hydroxyl groups excluding tert-OH is 1. The van der Waals surface area contributed by atoms with Crippen LogP contribution in [0.4, 0.5) is 0 Å². The molecule has 19 heavy (non-hydrogen) atoms. The standard InChI is InChI=1S/C16H22O3/c1-19-16(18)11-4-2-3-7-14-8-5-9-15(13-14)10-6-12-17/h3,5,7-9,13,17H,2,4,6,10-12H2,1H3/b7-3+. The smallest absolute Gasteiger partial charge is 0.305 e. The molecular formula is C16H22O3. The van der Waals surface area contributed by atoms with Gasteiger partial charge < -0.3 is 9.84 Å². The van der Waals surface area contributed by atoms with E-state index < -0.39 is 0 Å². The van der Waals surface area contributed by atoms with E-state index in [1.165, 1.54) is 12.7 Å². The van der Waals surface area contributed by atoms with Gasteiger partial charge in [0.15, 0.2) is 0 Å². The summed E-state index contributed by atoms with van der Waals surface area (Å²) in [7, 11) is 1.41. The SMILES string of the molecule is COC(=O)CCC/C=C/c1cccc(CCCO)c1. The maximum absolute atomic E-state index is 10.9. The number of carbonyl (C=O) groups is 1. The van der Waals surface area contributed by atoms with Gasteiger partial charge in [-0.1, -0.05) is 36.4 Å². The van der Waals surface area contributed by atoms with Gasteiger partial charge in [0.2, 0.25) is 0 Å². The van der Waals surface area contributed by atoms with Gasteiger partial charge in [0.1, 0.15) is 0 Å². The van der Waals surface area contributed by atoms with Gasteiger partial charge in [0.05, 0.1) is 7.11 Å². The minimum absolute atomic E-state index is 0.153. The van der Waals surface area contributed by atoms with Crippen LogP contribution in [0.1, 0.15) is 36.8 Å². The third-order valence-electron chi connectivity index (χ3n) is 2.86. The summed E-state index contributed by atoms with van der Waals surface area (Å²) in [5.74, 6) is -0.153. The lowest BCUT2D eigenvalue weighted by atomic mass is 10.1. The molecule has 0 aliphatic heterocycles. The summed E-state index contributed by atoms with van der Waals surface area (Å²) >= 11 is 0. The highest BCUT2D eigenvalue weighted by Crippen LogP contribution is 2.10. The van der Waals surface area contributed by atoms with Gasteiger partial charge in [-0.15, -0.1) is 0 Å². The summed E-state index contributed by atoms with van der Waals surface area (Å²) in [6, 6.07) is 8.29. The Labute approximate surface area is 114 Å². The Morgan fingerprint density at radius 3 is 2.95 bits per heavy atom. The van der Waals surface area contributed by atoms with E-state index in [1.54, 1.807) is 0 Å². The molecule has 0 saturated carbocycles. The molecule has 0 aromatic heterocycles. The van der Waals surface area contributed by atoms with E-state index in [0.717, 1.165) is 31.2 Å². The number of ether oxygens (including phenoxy) is 1. The van der Waals surface area contributed by atoms with Gasteiger partial charge in [-0.05, 0) is 36.8 Å². The molecule has 0 spiro atoms. The molecule has 0 atom stereocenters. The first-order chi connectivity index (χ1) is 9.26. The number of allylic oxidation sites excluding steroid dienone is 1. The second-order valence-corrected chi connectivity index (χ2v) is 4.44. The van der Waals surface area contributed by atoms with Crippen molar-refractivity contribution in [2.45, 2.75) is 32.1 Å². The maximum Gasteiger partial charge on any atom is 0.305 e. The molecule has 1 aromatic rings. The zero-order valence-corrected chi connectivity index (χ0v) is 11.5. The second kappa shape index (κ2) is 9.34. The van der Waals surface area contributed by atoms with Crippen molar-refractivity contribution in [3.8, 4) is 0 Å². The van der Waals surface area contributed by atoms with Gasteiger partial charge in [-0.3, -0.25) is 4.79 Å². The molecule has 0 fully saturated rings. The number of aryl methyl sites for hydroxylation is 1. The third-order valence-corrected chi connectivity index (χ3v) is 2.86. The number of esters is 1. The minimum atomic E-state index is -0.153. The van der Waals surface area contributed by atoms with Crippen LogP contribution in [-0.4, -0.2) is 24.8 Å². The maximum atomic E-state index is 10.9. The number of rotatable bonds is 8. The fraction of sp³-hybridized carbons (Fsp3) is 0.438. The van der Waals surface area contributed by atoms with Crippen LogP contribution in [0.15, 0.2) is 30.3 Å². The molecule has 0 amide bonds. The van der Waals surface area contributed by atoms with Gasteiger partial charge in [-0.2, -0.15) is 0 Å². The van der Waals surface area contributed by atoms with Gasteiger partial charge in [0, 0.05) is 13.0 Å². The van der Waals surface area contributed by atoms with Gasteiger partial charge in [-0.25, -0.2) is 0 Å². The fourth-order valence-corrected chi connectivity index (χ4v) is 1.82. The van der Waals surface area contributed by atoms with Crippen LogP contribution in [0, 0.1) is 0 Å². The summed E-state index contributed by atoms with van der Waals surface area (Å²) in [5.41, 5.74) is 2.40. The van der Waals surface area contributed by atoms with Crippen LogP contribution in [0.2, 0.25) is 0 Å². The number of benzene rings is 1. The number of carbonyl (C=O) groups excluding carboxylic acids is 1. The lowest BCUT2D eigenvalue weighted by Gasteiger charge is -2.01. The lowest BCUT2D eigenvalue weighted by Crippen LogP contribution is -1.98. The van der Waals surface area contributed by atoms with Gasteiger partial charge in [0.25, 0.3) is 0 Å². The molecule has 1 N–H and O–H groups in total. The molecular weight excluding hydrogens is 240 g/mol. The topological polar surface area (TPSA) is 46.5 Å². The highest BCUT2D eigenvalue weighted by Gasteiger charge is 1.97. The van der Waals surface area contributed by atoms with E-state index in [0.29, 0.717) is 6.42 Å². The molecule has 0 bridgehead atoms. The monoisotopic (exact) mass is 262 g/mol.